The Bertz CT molecular complexity index is 411. The second kappa shape index (κ2) is 6.89. The zero-order valence-electron chi connectivity index (χ0n) is 10.9. The molecule has 2 N–H and O–H groups in total. The predicted molar refractivity (Wildman–Crippen MR) is 72.0 cm³/mol. The van der Waals surface area contributed by atoms with Crippen LogP contribution in [0.1, 0.15) is 19.3 Å². The average molecular weight is 267 g/mol. The van der Waals surface area contributed by atoms with Crippen molar-refractivity contribution in [2.75, 3.05) is 26.2 Å². The molecule has 0 amide bonds. The fourth-order valence-corrected chi connectivity index (χ4v) is 2.30. The largest absolute Gasteiger partial charge is 0.493 e. The lowest BCUT2D eigenvalue weighted by atomic mass is 9.80. The number of hydrogen-bond donors (Lipinski definition) is 2. The first kappa shape index (κ1) is 14.3. The molecule has 1 heterocycles. The Morgan fingerprint density at radius 1 is 1.21 bits per heavy atom. The number of hydrogen-bond acceptors (Lipinski definition) is 4. The molecule has 1 aliphatic heterocycles. The molecule has 1 fully saturated rings. The number of benzene rings is 1. The van der Waals surface area contributed by atoms with Gasteiger partial charge in [0.05, 0.1) is 6.61 Å². The Labute approximate surface area is 113 Å². The van der Waals surface area contributed by atoms with Gasteiger partial charge in [-0.2, -0.15) is 0 Å². The van der Waals surface area contributed by atoms with Gasteiger partial charge in [0, 0.05) is 12.6 Å². The maximum Gasteiger partial charge on any atom is 0.488 e. The van der Waals surface area contributed by atoms with Crippen molar-refractivity contribution in [2.45, 2.75) is 19.3 Å². The Balaban J connectivity index is 1.78. The molecule has 1 saturated heterocycles. The van der Waals surface area contributed by atoms with E-state index < -0.39 is 12.9 Å². The first-order chi connectivity index (χ1) is 9.15. The molecule has 1 aromatic carbocycles. The van der Waals surface area contributed by atoms with Crippen LogP contribution in [0.5, 0.6) is 5.75 Å². The quantitative estimate of drug-likeness (QED) is 0.577. The van der Waals surface area contributed by atoms with E-state index >= 15 is 0 Å². The Kier molecular flexibility index (Phi) is 5.19. The summed E-state index contributed by atoms with van der Waals surface area (Å²) in [4.78, 5) is 2.39. The lowest BCUT2D eigenvalue weighted by Gasteiger charge is -2.14. The fourth-order valence-electron chi connectivity index (χ4n) is 2.30. The Morgan fingerprint density at radius 2 is 1.95 bits per heavy atom. The molecule has 0 aromatic heterocycles. The van der Waals surface area contributed by atoms with E-state index in [9.17, 15) is 4.39 Å². The summed E-state index contributed by atoms with van der Waals surface area (Å²) in [7, 11) is -1.68. The highest BCUT2D eigenvalue weighted by Crippen LogP contribution is 2.12. The molecule has 1 aliphatic rings. The van der Waals surface area contributed by atoms with Crippen molar-refractivity contribution in [2.24, 2.45) is 0 Å². The van der Waals surface area contributed by atoms with E-state index in [1.165, 1.54) is 25.0 Å². The zero-order chi connectivity index (χ0) is 13.7. The van der Waals surface area contributed by atoms with Crippen LogP contribution in [-0.4, -0.2) is 48.3 Å². The monoisotopic (exact) mass is 267 g/mol. The van der Waals surface area contributed by atoms with Crippen LogP contribution in [0.2, 0.25) is 0 Å². The molecule has 0 saturated carbocycles. The fraction of sp³-hybridized carbons (Fsp3) is 0.538. The van der Waals surface area contributed by atoms with Gasteiger partial charge >= 0.3 is 7.12 Å². The summed E-state index contributed by atoms with van der Waals surface area (Å²) in [5.74, 6) is -0.190. The second-order valence-electron chi connectivity index (χ2n) is 4.84. The molecule has 0 aliphatic carbocycles. The second-order valence-corrected chi connectivity index (χ2v) is 4.84. The molecule has 2 rings (SSSR count). The summed E-state index contributed by atoms with van der Waals surface area (Å²) in [5, 5.41) is 18.0. The summed E-state index contributed by atoms with van der Waals surface area (Å²) >= 11 is 0. The highest BCUT2D eigenvalue weighted by atomic mass is 19.1. The van der Waals surface area contributed by atoms with Gasteiger partial charge in [0.1, 0.15) is 11.6 Å². The van der Waals surface area contributed by atoms with Crippen molar-refractivity contribution in [3.05, 3.63) is 24.0 Å². The van der Waals surface area contributed by atoms with Gasteiger partial charge in [-0.15, -0.1) is 0 Å². The van der Waals surface area contributed by atoms with Gasteiger partial charge in [-0.3, -0.25) is 0 Å². The van der Waals surface area contributed by atoms with Gasteiger partial charge in [0.2, 0.25) is 0 Å². The van der Waals surface area contributed by atoms with Crippen LogP contribution in [-0.2, 0) is 0 Å². The lowest BCUT2D eigenvalue weighted by Crippen LogP contribution is -2.30. The SMILES string of the molecule is OB(O)c1cc(F)cc(OCCCN2CCCC2)c1. The first-order valence-corrected chi connectivity index (χ1v) is 6.67. The Hall–Kier alpha value is -1.11. The van der Waals surface area contributed by atoms with E-state index in [1.54, 1.807) is 0 Å². The molecule has 0 unspecified atom stereocenters. The minimum atomic E-state index is -1.68. The highest BCUT2D eigenvalue weighted by molar-refractivity contribution is 6.58. The van der Waals surface area contributed by atoms with Gasteiger partial charge in [-0.1, -0.05) is 0 Å². The molecule has 1 aromatic rings. The molecular formula is C13H19BFNO3. The van der Waals surface area contributed by atoms with Crippen LogP contribution in [0.3, 0.4) is 0 Å². The maximum absolute atomic E-state index is 13.2. The summed E-state index contributed by atoms with van der Waals surface area (Å²) in [6.45, 7) is 3.80. The molecule has 0 spiro atoms. The number of likely N-dealkylation sites (tertiary alicyclic amines) is 1. The van der Waals surface area contributed by atoms with Crippen LogP contribution in [0.4, 0.5) is 4.39 Å². The standard InChI is InChI=1S/C13H19BFNO3/c15-12-8-11(14(17)18)9-13(10-12)19-7-3-6-16-4-1-2-5-16/h8-10,17-18H,1-7H2. The number of rotatable bonds is 6. The molecule has 104 valence electrons. The predicted octanol–water partition coefficient (Wildman–Crippen LogP) is 0.370. The van der Waals surface area contributed by atoms with E-state index in [-0.39, 0.29) is 5.46 Å². The molecule has 19 heavy (non-hydrogen) atoms. The van der Waals surface area contributed by atoms with Crippen molar-refractivity contribution < 1.29 is 19.2 Å². The molecular weight excluding hydrogens is 248 g/mol. The minimum absolute atomic E-state index is 0.106. The van der Waals surface area contributed by atoms with Crippen molar-refractivity contribution >= 4 is 12.6 Å². The van der Waals surface area contributed by atoms with E-state index in [1.807, 2.05) is 0 Å². The smallest absolute Gasteiger partial charge is 0.488 e. The van der Waals surface area contributed by atoms with Gasteiger partial charge in [0.25, 0.3) is 0 Å². The maximum atomic E-state index is 13.2. The summed E-state index contributed by atoms with van der Waals surface area (Å²) in [6.07, 6.45) is 3.42. The van der Waals surface area contributed by atoms with E-state index in [0.717, 1.165) is 32.1 Å². The van der Waals surface area contributed by atoms with Gasteiger partial charge in [-0.05, 0) is 49.9 Å². The van der Waals surface area contributed by atoms with Gasteiger partial charge in [0.15, 0.2) is 0 Å². The number of ether oxygens (including phenoxy) is 1. The van der Waals surface area contributed by atoms with Gasteiger partial charge in [-0.25, -0.2) is 4.39 Å². The van der Waals surface area contributed by atoms with E-state index in [4.69, 9.17) is 14.8 Å². The van der Waals surface area contributed by atoms with Crippen LogP contribution in [0, 0.1) is 5.82 Å². The van der Waals surface area contributed by atoms with E-state index in [0.29, 0.717) is 12.4 Å². The summed E-state index contributed by atoms with van der Waals surface area (Å²) in [6, 6.07) is 3.78. The van der Waals surface area contributed by atoms with Crippen molar-refractivity contribution in [3.8, 4) is 5.75 Å². The van der Waals surface area contributed by atoms with Crippen molar-refractivity contribution in [1.29, 1.82) is 0 Å². The molecule has 0 radical (unpaired) electrons. The van der Waals surface area contributed by atoms with Crippen LogP contribution < -0.4 is 10.2 Å². The highest BCUT2D eigenvalue weighted by Gasteiger charge is 2.14. The van der Waals surface area contributed by atoms with Crippen LogP contribution in [0.25, 0.3) is 0 Å². The zero-order valence-corrected chi connectivity index (χ0v) is 10.9. The van der Waals surface area contributed by atoms with Crippen molar-refractivity contribution in [1.82, 2.24) is 4.90 Å². The number of nitrogens with zero attached hydrogens (tertiary/aromatic N) is 1. The molecule has 0 atom stereocenters. The lowest BCUT2D eigenvalue weighted by molar-refractivity contribution is 0.262. The van der Waals surface area contributed by atoms with Crippen molar-refractivity contribution in [3.63, 3.8) is 0 Å². The third-order valence-corrected chi connectivity index (χ3v) is 3.28. The van der Waals surface area contributed by atoms with E-state index in [2.05, 4.69) is 4.90 Å². The summed E-state index contributed by atoms with van der Waals surface area (Å²) in [5.41, 5.74) is 0.106. The third kappa shape index (κ3) is 4.49. The Morgan fingerprint density at radius 3 is 2.63 bits per heavy atom. The molecule has 6 heteroatoms. The normalized spacial score (nSPS) is 15.7. The molecule has 0 bridgehead atoms. The first-order valence-electron chi connectivity index (χ1n) is 6.67. The van der Waals surface area contributed by atoms with Crippen LogP contribution in [0.15, 0.2) is 18.2 Å². The average Bonchev–Trinajstić information content (AvgIpc) is 2.87. The molecule has 4 nitrogen and oxygen atoms in total. The topological polar surface area (TPSA) is 52.9 Å². The van der Waals surface area contributed by atoms with Crippen LogP contribution >= 0.6 is 0 Å². The minimum Gasteiger partial charge on any atom is -0.493 e. The number of halogens is 1. The third-order valence-electron chi connectivity index (χ3n) is 3.28. The van der Waals surface area contributed by atoms with Gasteiger partial charge < -0.3 is 19.7 Å². The summed E-state index contributed by atoms with van der Waals surface area (Å²) < 4.78 is 18.7.